The van der Waals surface area contributed by atoms with Crippen molar-refractivity contribution in [1.82, 2.24) is 0 Å². The lowest BCUT2D eigenvalue weighted by Gasteiger charge is -2.06. The normalized spacial score (nSPS) is 10.4. The van der Waals surface area contributed by atoms with Crippen molar-refractivity contribution in [1.29, 1.82) is 0 Å². The third-order valence-electron chi connectivity index (χ3n) is 2.35. The van der Waals surface area contributed by atoms with Crippen molar-refractivity contribution in [2.24, 2.45) is 0 Å². The number of hydrogen-bond acceptors (Lipinski definition) is 1. The van der Waals surface area contributed by atoms with Crippen LogP contribution in [0, 0.1) is 17.5 Å². The molecule has 2 rings (SSSR count). The molecule has 0 aliphatic rings. The second-order valence-corrected chi connectivity index (χ2v) is 3.50. The fourth-order valence-electron chi connectivity index (χ4n) is 1.56. The summed E-state index contributed by atoms with van der Waals surface area (Å²) in [6.45, 7) is 0. The number of methoxy groups -OCH3 is 1. The Morgan fingerprint density at radius 2 is 1.53 bits per heavy atom. The van der Waals surface area contributed by atoms with Crippen LogP contribution in [0.15, 0.2) is 36.4 Å². The van der Waals surface area contributed by atoms with E-state index in [9.17, 15) is 13.2 Å². The summed E-state index contributed by atoms with van der Waals surface area (Å²) in [7, 11) is 1.43. The first kappa shape index (κ1) is 11.5. The Bertz CT molecular complexity index is 532. The van der Waals surface area contributed by atoms with E-state index in [4.69, 9.17) is 4.74 Å². The topological polar surface area (TPSA) is 9.23 Å². The highest BCUT2D eigenvalue weighted by Crippen LogP contribution is 2.28. The first-order valence-corrected chi connectivity index (χ1v) is 4.90. The average Bonchev–Trinajstić information content (AvgIpc) is 2.28. The van der Waals surface area contributed by atoms with Crippen LogP contribution < -0.4 is 4.74 Å². The summed E-state index contributed by atoms with van der Waals surface area (Å²) in [6.07, 6.45) is 0. The molecule has 17 heavy (non-hydrogen) atoms. The Morgan fingerprint density at radius 1 is 0.882 bits per heavy atom. The second-order valence-electron chi connectivity index (χ2n) is 3.50. The quantitative estimate of drug-likeness (QED) is 0.773. The van der Waals surface area contributed by atoms with Gasteiger partial charge in [0.2, 0.25) is 0 Å². The first-order valence-electron chi connectivity index (χ1n) is 4.90. The van der Waals surface area contributed by atoms with Crippen molar-refractivity contribution in [3.05, 3.63) is 53.8 Å². The third-order valence-corrected chi connectivity index (χ3v) is 2.35. The summed E-state index contributed by atoms with van der Waals surface area (Å²) in [4.78, 5) is 0. The van der Waals surface area contributed by atoms with Crippen LogP contribution in [-0.2, 0) is 0 Å². The zero-order valence-electron chi connectivity index (χ0n) is 9.01. The van der Waals surface area contributed by atoms with E-state index in [0.29, 0.717) is 5.75 Å². The third kappa shape index (κ3) is 2.41. The molecule has 0 aliphatic carbocycles. The van der Waals surface area contributed by atoms with Crippen LogP contribution >= 0.6 is 0 Å². The molecule has 1 nitrogen and oxygen atoms in total. The Labute approximate surface area is 96.5 Å². The van der Waals surface area contributed by atoms with E-state index in [1.165, 1.54) is 25.3 Å². The van der Waals surface area contributed by atoms with Crippen LogP contribution in [-0.4, -0.2) is 7.11 Å². The average molecular weight is 238 g/mol. The van der Waals surface area contributed by atoms with Crippen LogP contribution in [0.3, 0.4) is 0 Å². The highest BCUT2D eigenvalue weighted by atomic mass is 19.1. The summed E-state index contributed by atoms with van der Waals surface area (Å²) < 4.78 is 44.6. The molecule has 0 bridgehead atoms. The first-order chi connectivity index (χ1) is 8.10. The van der Waals surface area contributed by atoms with Gasteiger partial charge in [0.25, 0.3) is 0 Å². The lowest BCUT2D eigenvalue weighted by Crippen LogP contribution is -1.90. The van der Waals surface area contributed by atoms with Gasteiger partial charge in [0.15, 0.2) is 0 Å². The Balaban J connectivity index is 2.58. The van der Waals surface area contributed by atoms with Crippen molar-refractivity contribution < 1.29 is 17.9 Å². The zero-order chi connectivity index (χ0) is 12.4. The number of rotatable bonds is 2. The number of hydrogen-bond donors (Lipinski definition) is 0. The maximum absolute atomic E-state index is 13.6. The van der Waals surface area contributed by atoms with Crippen LogP contribution in [0.25, 0.3) is 11.1 Å². The van der Waals surface area contributed by atoms with Gasteiger partial charge in [-0.05, 0) is 35.9 Å². The van der Waals surface area contributed by atoms with Crippen LogP contribution in [0.5, 0.6) is 5.75 Å². The van der Waals surface area contributed by atoms with Gasteiger partial charge >= 0.3 is 0 Å². The highest BCUT2D eigenvalue weighted by molar-refractivity contribution is 5.66. The predicted molar refractivity (Wildman–Crippen MR) is 58.3 cm³/mol. The molecule has 0 spiro atoms. The minimum atomic E-state index is -0.748. The van der Waals surface area contributed by atoms with Gasteiger partial charge in [-0.15, -0.1) is 0 Å². The molecule has 0 heterocycles. The molecule has 0 N–H and O–H groups in total. The van der Waals surface area contributed by atoms with Crippen LogP contribution in [0.4, 0.5) is 13.2 Å². The molecule has 0 aliphatic heterocycles. The molecule has 0 amide bonds. The van der Waals surface area contributed by atoms with E-state index in [0.717, 1.165) is 18.2 Å². The summed E-state index contributed by atoms with van der Waals surface area (Å²) in [5, 5.41) is 0. The Hall–Kier alpha value is -1.97. The van der Waals surface area contributed by atoms with E-state index < -0.39 is 17.5 Å². The van der Waals surface area contributed by atoms with Gasteiger partial charge in [0.05, 0.1) is 7.11 Å². The molecule has 0 aromatic heterocycles. The summed E-state index contributed by atoms with van der Waals surface area (Å²) in [5.41, 5.74) is 0.238. The van der Waals surface area contributed by atoms with Crippen molar-refractivity contribution in [3.8, 4) is 16.9 Å². The number of halogens is 3. The molecular formula is C13H9F3O. The van der Waals surface area contributed by atoms with Gasteiger partial charge < -0.3 is 4.74 Å². The minimum absolute atomic E-state index is 0.0998. The highest BCUT2D eigenvalue weighted by Gasteiger charge is 2.09. The number of ether oxygens (including phenoxy) is 1. The minimum Gasteiger partial charge on any atom is -0.497 e. The van der Waals surface area contributed by atoms with Gasteiger partial charge in [-0.1, -0.05) is 0 Å². The number of benzene rings is 2. The summed E-state index contributed by atoms with van der Waals surface area (Å²) in [6, 6.07) is 6.90. The SMILES string of the molecule is COc1ccc(F)c(-c2cc(F)cc(F)c2)c1. The van der Waals surface area contributed by atoms with E-state index in [2.05, 4.69) is 0 Å². The van der Waals surface area contributed by atoms with E-state index >= 15 is 0 Å². The monoisotopic (exact) mass is 238 g/mol. The summed E-state index contributed by atoms with van der Waals surface area (Å²) in [5.74, 6) is -1.63. The lowest BCUT2D eigenvalue weighted by atomic mass is 10.0. The largest absolute Gasteiger partial charge is 0.497 e. The molecule has 0 radical (unpaired) electrons. The van der Waals surface area contributed by atoms with Crippen LogP contribution in [0.2, 0.25) is 0 Å². The molecule has 2 aromatic carbocycles. The molecule has 4 heteroatoms. The van der Waals surface area contributed by atoms with E-state index in [1.54, 1.807) is 0 Å². The standard InChI is InChI=1S/C13H9F3O/c1-17-11-2-3-13(16)12(7-11)8-4-9(14)6-10(15)5-8/h2-7H,1H3. The van der Waals surface area contributed by atoms with E-state index in [1.807, 2.05) is 0 Å². The lowest BCUT2D eigenvalue weighted by molar-refractivity contribution is 0.414. The van der Waals surface area contributed by atoms with E-state index in [-0.39, 0.29) is 11.1 Å². The van der Waals surface area contributed by atoms with Gasteiger partial charge in [-0.3, -0.25) is 0 Å². The molecular weight excluding hydrogens is 229 g/mol. The molecule has 0 saturated heterocycles. The molecule has 0 fully saturated rings. The smallest absolute Gasteiger partial charge is 0.131 e. The zero-order valence-corrected chi connectivity index (χ0v) is 9.01. The maximum Gasteiger partial charge on any atom is 0.131 e. The Kier molecular flexibility index (Phi) is 3.04. The van der Waals surface area contributed by atoms with Crippen molar-refractivity contribution in [2.75, 3.05) is 7.11 Å². The maximum atomic E-state index is 13.6. The second kappa shape index (κ2) is 4.49. The van der Waals surface area contributed by atoms with Gasteiger partial charge in [0, 0.05) is 11.6 Å². The molecule has 2 aromatic rings. The van der Waals surface area contributed by atoms with Gasteiger partial charge in [-0.25, -0.2) is 13.2 Å². The summed E-state index contributed by atoms with van der Waals surface area (Å²) >= 11 is 0. The molecule has 0 atom stereocenters. The molecule has 88 valence electrons. The predicted octanol–water partition coefficient (Wildman–Crippen LogP) is 3.78. The van der Waals surface area contributed by atoms with Crippen LogP contribution in [0.1, 0.15) is 0 Å². The molecule has 0 unspecified atom stereocenters. The van der Waals surface area contributed by atoms with Gasteiger partial charge in [-0.2, -0.15) is 0 Å². The van der Waals surface area contributed by atoms with Crippen molar-refractivity contribution in [2.45, 2.75) is 0 Å². The van der Waals surface area contributed by atoms with Crippen molar-refractivity contribution in [3.63, 3.8) is 0 Å². The fraction of sp³-hybridized carbons (Fsp3) is 0.0769. The molecule has 0 saturated carbocycles. The Morgan fingerprint density at radius 3 is 2.12 bits per heavy atom. The van der Waals surface area contributed by atoms with Gasteiger partial charge in [0.1, 0.15) is 23.2 Å². The van der Waals surface area contributed by atoms with Crippen molar-refractivity contribution >= 4 is 0 Å². The fourth-order valence-corrected chi connectivity index (χ4v) is 1.56.